The van der Waals surface area contributed by atoms with Crippen molar-refractivity contribution in [1.29, 1.82) is 0 Å². The van der Waals surface area contributed by atoms with E-state index in [1.165, 1.54) is 30.3 Å². The van der Waals surface area contributed by atoms with Gasteiger partial charge in [0, 0.05) is 19.2 Å². The third kappa shape index (κ3) is 5.80. The Morgan fingerprint density at radius 2 is 1.76 bits per heavy atom. The molecule has 2 N–H and O–H groups in total. The van der Waals surface area contributed by atoms with Gasteiger partial charge in [0.05, 0.1) is 47.0 Å². The number of hydrogen-bond acceptors (Lipinski definition) is 10. The molecule has 34 heavy (non-hydrogen) atoms. The molecule has 1 aliphatic heterocycles. The summed E-state index contributed by atoms with van der Waals surface area (Å²) in [5.41, 5.74) is -0.600. The van der Waals surface area contributed by atoms with Crippen LogP contribution in [-0.4, -0.2) is 58.8 Å². The van der Waals surface area contributed by atoms with Crippen LogP contribution >= 0.6 is 0 Å². The molecule has 3 rings (SSSR count). The van der Waals surface area contributed by atoms with E-state index in [2.05, 4.69) is 19.5 Å². The average Bonchev–Trinajstić information content (AvgIpc) is 3.34. The molecule has 1 aliphatic rings. The predicted molar refractivity (Wildman–Crippen MR) is 120 cm³/mol. The minimum atomic E-state index is -4.33. The largest absolute Gasteiger partial charge is 0.465 e. The van der Waals surface area contributed by atoms with Crippen LogP contribution in [0.25, 0.3) is 0 Å². The summed E-state index contributed by atoms with van der Waals surface area (Å²) in [6.45, 7) is 0.980. The Morgan fingerprint density at radius 3 is 2.29 bits per heavy atom. The van der Waals surface area contributed by atoms with Crippen LogP contribution in [0.15, 0.2) is 41.3 Å². The van der Waals surface area contributed by atoms with Gasteiger partial charge >= 0.3 is 11.9 Å². The van der Waals surface area contributed by atoms with Crippen molar-refractivity contribution in [2.24, 2.45) is 0 Å². The Balaban J connectivity index is 1.90. The zero-order valence-electron chi connectivity index (χ0n) is 18.4. The highest BCUT2D eigenvalue weighted by Gasteiger charge is 2.24. The van der Waals surface area contributed by atoms with Crippen LogP contribution in [0.2, 0.25) is 0 Å². The highest BCUT2D eigenvalue weighted by molar-refractivity contribution is 7.92. The van der Waals surface area contributed by atoms with Gasteiger partial charge in [0.1, 0.15) is 5.69 Å². The van der Waals surface area contributed by atoms with E-state index in [4.69, 9.17) is 4.74 Å². The van der Waals surface area contributed by atoms with Gasteiger partial charge in [-0.05, 0) is 43.2 Å². The lowest BCUT2D eigenvalue weighted by Gasteiger charge is -2.14. The van der Waals surface area contributed by atoms with Crippen molar-refractivity contribution in [3.05, 3.63) is 57.6 Å². The molecule has 0 amide bonds. The normalized spacial score (nSPS) is 15.4. The third-order valence-electron chi connectivity index (χ3n) is 5.05. The fraction of sp³-hybridized carbons (Fsp3) is 0.333. The molecule has 182 valence electrons. The molecule has 1 fully saturated rings. The summed E-state index contributed by atoms with van der Waals surface area (Å²) < 4.78 is 42.9. The number of ether oxygens (including phenoxy) is 3. The molecule has 1 atom stereocenters. The second kappa shape index (κ2) is 10.5. The minimum Gasteiger partial charge on any atom is -0.465 e. The fourth-order valence-electron chi connectivity index (χ4n) is 3.38. The summed E-state index contributed by atoms with van der Waals surface area (Å²) in [5.74, 6) is -1.60. The van der Waals surface area contributed by atoms with Gasteiger partial charge in [0.2, 0.25) is 0 Å². The Bertz CT molecular complexity index is 1170. The molecule has 0 aromatic heterocycles. The average molecular weight is 493 g/mol. The fourth-order valence-corrected chi connectivity index (χ4v) is 4.44. The lowest BCUT2D eigenvalue weighted by molar-refractivity contribution is -0.384. The van der Waals surface area contributed by atoms with Gasteiger partial charge in [-0.3, -0.25) is 14.8 Å². The number of esters is 2. The van der Waals surface area contributed by atoms with Crippen molar-refractivity contribution in [3.8, 4) is 0 Å². The van der Waals surface area contributed by atoms with E-state index in [1.54, 1.807) is 0 Å². The van der Waals surface area contributed by atoms with Gasteiger partial charge in [-0.25, -0.2) is 18.0 Å². The summed E-state index contributed by atoms with van der Waals surface area (Å²) >= 11 is 0. The van der Waals surface area contributed by atoms with Crippen LogP contribution < -0.4 is 10.0 Å². The number of carbonyl (C=O) groups is 2. The quantitative estimate of drug-likeness (QED) is 0.301. The summed E-state index contributed by atoms with van der Waals surface area (Å²) in [6, 6.07) is 6.95. The Hall–Kier alpha value is -3.71. The third-order valence-corrected chi connectivity index (χ3v) is 6.43. The minimum absolute atomic E-state index is 0.0734. The Labute approximate surface area is 195 Å². The highest BCUT2D eigenvalue weighted by atomic mass is 32.2. The standard InChI is InChI=1S/C21H23N3O9S/c1-31-20(25)13-8-14(21(26)32-2)10-15(9-13)23-34(29,30)17-5-6-18(19(11-17)24(27)28)22-12-16-4-3-7-33-16/h5-6,8-11,16,22-23H,3-4,7,12H2,1-2H3. The van der Waals surface area contributed by atoms with Crippen LogP contribution in [0.3, 0.4) is 0 Å². The second-order valence-electron chi connectivity index (χ2n) is 7.34. The van der Waals surface area contributed by atoms with Gasteiger partial charge in [-0.15, -0.1) is 0 Å². The molecule has 12 nitrogen and oxygen atoms in total. The molecular weight excluding hydrogens is 470 g/mol. The zero-order chi connectivity index (χ0) is 24.9. The molecule has 1 heterocycles. The molecule has 13 heteroatoms. The van der Waals surface area contributed by atoms with Gasteiger partial charge in [-0.2, -0.15) is 0 Å². The van der Waals surface area contributed by atoms with Crippen molar-refractivity contribution in [1.82, 2.24) is 0 Å². The zero-order valence-corrected chi connectivity index (χ0v) is 19.2. The van der Waals surface area contributed by atoms with Crippen molar-refractivity contribution >= 4 is 39.0 Å². The SMILES string of the molecule is COC(=O)c1cc(NS(=O)(=O)c2ccc(NCC3CCCO3)c([N+](=O)[O-])c2)cc(C(=O)OC)c1. The lowest BCUT2D eigenvalue weighted by atomic mass is 10.1. The number of nitrogens with one attached hydrogen (secondary N) is 2. The van der Waals surface area contributed by atoms with Crippen molar-refractivity contribution < 1.29 is 37.1 Å². The van der Waals surface area contributed by atoms with Gasteiger partial charge in [-0.1, -0.05) is 0 Å². The molecule has 0 radical (unpaired) electrons. The highest BCUT2D eigenvalue weighted by Crippen LogP contribution is 2.29. The number of methoxy groups -OCH3 is 2. The number of nitro groups is 1. The Morgan fingerprint density at radius 1 is 1.12 bits per heavy atom. The van der Waals surface area contributed by atoms with Crippen molar-refractivity contribution in [3.63, 3.8) is 0 Å². The number of anilines is 2. The van der Waals surface area contributed by atoms with E-state index in [0.717, 1.165) is 33.1 Å². The van der Waals surface area contributed by atoms with Crippen molar-refractivity contribution in [2.45, 2.75) is 23.8 Å². The molecule has 0 spiro atoms. The maximum atomic E-state index is 12.9. The maximum absolute atomic E-state index is 12.9. The number of nitro benzene ring substituents is 1. The van der Waals surface area contributed by atoms with E-state index in [0.29, 0.717) is 13.2 Å². The van der Waals surface area contributed by atoms with E-state index in [9.17, 15) is 28.1 Å². The molecule has 2 aromatic rings. The molecule has 0 aliphatic carbocycles. The first-order valence-electron chi connectivity index (χ1n) is 10.1. The number of sulfonamides is 1. The molecular formula is C21H23N3O9S. The summed E-state index contributed by atoms with van der Waals surface area (Å²) in [6.07, 6.45) is 1.66. The second-order valence-corrected chi connectivity index (χ2v) is 9.02. The molecule has 1 saturated heterocycles. The van der Waals surface area contributed by atoms with Gasteiger partial charge in [0.15, 0.2) is 0 Å². The lowest BCUT2D eigenvalue weighted by Crippen LogP contribution is -2.19. The summed E-state index contributed by atoms with van der Waals surface area (Å²) in [5, 5.41) is 14.5. The predicted octanol–water partition coefficient (Wildman–Crippen LogP) is 2.56. The van der Waals surface area contributed by atoms with Crippen LogP contribution in [0, 0.1) is 10.1 Å². The number of hydrogen-bond donors (Lipinski definition) is 2. The van der Waals surface area contributed by atoms with Gasteiger partial charge < -0.3 is 19.5 Å². The van der Waals surface area contributed by atoms with Crippen LogP contribution in [0.5, 0.6) is 0 Å². The molecule has 1 unspecified atom stereocenters. The van der Waals surface area contributed by atoms with Crippen LogP contribution in [0.1, 0.15) is 33.6 Å². The first-order chi connectivity index (χ1) is 16.1. The molecule has 2 aromatic carbocycles. The number of rotatable bonds is 9. The van der Waals surface area contributed by atoms with E-state index in [1.807, 2.05) is 0 Å². The van der Waals surface area contributed by atoms with E-state index in [-0.39, 0.29) is 33.5 Å². The monoisotopic (exact) mass is 493 g/mol. The Kier molecular flexibility index (Phi) is 7.68. The van der Waals surface area contributed by atoms with Gasteiger partial charge in [0.25, 0.3) is 15.7 Å². The molecule has 0 bridgehead atoms. The van der Waals surface area contributed by atoms with E-state index >= 15 is 0 Å². The smallest absolute Gasteiger partial charge is 0.337 e. The number of benzene rings is 2. The first-order valence-corrected chi connectivity index (χ1v) is 11.6. The topological polar surface area (TPSA) is 163 Å². The summed E-state index contributed by atoms with van der Waals surface area (Å²) in [7, 11) is -2.07. The van der Waals surface area contributed by atoms with Crippen LogP contribution in [-0.2, 0) is 24.2 Å². The number of nitrogens with zero attached hydrogens (tertiary/aromatic N) is 1. The van der Waals surface area contributed by atoms with E-state index < -0.39 is 32.6 Å². The molecule has 0 saturated carbocycles. The first kappa shape index (κ1) is 24.9. The number of carbonyl (C=O) groups excluding carboxylic acids is 2. The maximum Gasteiger partial charge on any atom is 0.337 e. The van der Waals surface area contributed by atoms with Crippen LogP contribution in [0.4, 0.5) is 17.1 Å². The van der Waals surface area contributed by atoms with Crippen molar-refractivity contribution in [2.75, 3.05) is 37.4 Å². The summed E-state index contributed by atoms with van der Waals surface area (Å²) in [4.78, 5) is 34.4.